The summed E-state index contributed by atoms with van der Waals surface area (Å²) < 4.78 is 25.1. The number of alkyl halides is 3. The van der Waals surface area contributed by atoms with Crippen LogP contribution in [0.3, 0.4) is 0 Å². The first-order valence-corrected chi connectivity index (χ1v) is 4.34. The van der Waals surface area contributed by atoms with Gasteiger partial charge in [0.2, 0.25) is 0 Å². The van der Waals surface area contributed by atoms with E-state index in [4.69, 9.17) is 11.6 Å². The topological polar surface area (TPSA) is 3.24 Å². The molecule has 0 saturated carbocycles. The summed E-state index contributed by atoms with van der Waals surface area (Å²) in [6.45, 7) is 1.15. The zero-order chi connectivity index (χ0) is 8.32. The molecule has 0 unspecified atom stereocenters. The third-order valence-corrected chi connectivity index (χ3v) is 2.12. The highest BCUT2D eigenvalue weighted by Crippen LogP contribution is 2.26. The molecule has 0 aromatic carbocycles. The zero-order valence-corrected chi connectivity index (χ0v) is 8.30. The summed E-state index contributed by atoms with van der Waals surface area (Å²) in [6, 6.07) is 0. The summed E-state index contributed by atoms with van der Waals surface area (Å²) in [5.74, 6) is -1.89. The van der Waals surface area contributed by atoms with E-state index in [2.05, 4.69) is 0 Å². The minimum Gasteiger partial charge on any atom is -0.297 e. The SMILES string of the molecule is Cl.FC1(F)CCN(CCCCl)C1. The number of nitrogens with zero attached hydrogens (tertiary/aromatic N) is 1. The van der Waals surface area contributed by atoms with Gasteiger partial charge in [-0.2, -0.15) is 0 Å². The molecule has 0 N–H and O–H groups in total. The molecule has 0 amide bonds. The van der Waals surface area contributed by atoms with Gasteiger partial charge in [0.05, 0.1) is 6.54 Å². The summed E-state index contributed by atoms with van der Waals surface area (Å²) in [5, 5.41) is 0. The van der Waals surface area contributed by atoms with E-state index >= 15 is 0 Å². The number of halogens is 4. The van der Waals surface area contributed by atoms with Crippen molar-refractivity contribution >= 4 is 24.0 Å². The molecule has 0 aromatic heterocycles. The van der Waals surface area contributed by atoms with Crippen LogP contribution in [0.2, 0.25) is 0 Å². The highest BCUT2D eigenvalue weighted by molar-refractivity contribution is 6.17. The van der Waals surface area contributed by atoms with Crippen LogP contribution in [0.25, 0.3) is 0 Å². The van der Waals surface area contributed by atoms with Gasteiger partial charge in [0, 0.05) is 18.8 Å². The number of likely N-dealkylation sites (tertiary alicyclic amines) is 1. The molecular formula is C7H13Cl2F2N. The van der Waals surface area contributed by atoms with E-state index in [1.165, 1.54) is 0 Å². The maximum atomic E-state index is 12.5. The molecule has 0 aromatic rings. The maximum absolute atomic E-state index is 12.5. The smallest absolute Gasteiger partial charge is 0.261 e. The van der Waals surface area contributed by atoms with Crippen LogP contribution >= 0.6 is 24.0 Å². The molecule has 1 aliphatic heterocycles. The summed E-state index contributed by atoms with van der Waals surface area (Å²) in [5.41, 5.74) is 0. The van der Waals surface area contributed by atoms with E-state index in [9.17, 15) is 8.78 Å². The summed E-state index contributed by atoms with van der Waals surface area (Å²) in [4.78, 5) is 1.77. The van der Waals surface area contributed by atoms with Crippen LogP contribution in [0.4, 0.5) is 8.78 Å². The van der Waals surface area contributed by atoms with Crippen LogP contribution in [0.15, 0.2) is 0 Å². The highest BCUT2D eigenvalue weighted by atomic mass is 35.5. The lowest BCUT2D eigenvalue weighted by Crippen LogP contribution is -2.26. The van der Waals surface area contributed by atoms with Gasteiger partial charge in [0.1, 0.15) is 0 Å². The van der Waals surface area contributed by atoms with Crippen LogP contribution in [-0.2, 0) is 0 Å². The number of rotatable bonds is 3. The minimum atomic E-state index is -2.45. The zero-order valence-electron chi connectivity index (χ0n) is 6.73. The van der Waals surface area contributed by atoms with E-state index in [0.29, 0.717) is 19.0 Å². The average molecular weight is 220 g/mol. The first kappa shape index (κ1) is 12.4. The molecule has 0 radical (unpaired) electrons. The van der Waals surface area contributed by atoms with Crippen molar-refractivity contribution in [1.82, 2.24) is 4.90 Å². The van der Waals surface area contributed by atoms with Gasteiger partial charge in [0.25, 0.3) is 5.92 Å². The van der Waals surface area contributed by atoms with Gasteiger partial charge in [-0.05, 0) is 13.0 Å². The van der Waals surface area contributed by atoms with E-state index in [-0.39, 0.29) is 25.4 Å². The standard InChI is InChI=1S/C7H12ClF2N.ClH/c8-3-1-4-11-5-2-7(9,10)6-11;/h1-6H2;1H. The predicted octanol–water partition coefficient (Wildman–Crippen LogP) is 2.38. The first-order valence-electron chi connectivity index (χ1n) is 3.80. The molecule has 0 spiro atoms. The van der Waals surface area contributed by atoms with Crippen LogP contribution in [0.5, 0.6) is 0 Å². The third kappa shape index (κ3) is 3.87. The largest absolute Gasteiger partial charge is 0.297 e. The number of hydrogen-bond acceptors (Lipinski definition) is 1. The Morgan fingerprint density at radius 3 is 2.50 bits per heavy atom. The molecule has 1 rings (SSSR count). The lowest BCUT2D eigenvalue weighted by molar-refractivity contribution is 0.0123. The molecule has 1 saturated heterocycles. The maximum Gasteiger partial charge on any atom is 0.261 e. The Morgan fingerprint density at radius 1 is 1.42 bits per heavy atom. The van der Waals surface area contributed by atoms with Crippen molar-refractivity contribution in [1.29, 1.82) is 0 Å². The lowest BCUT2D eigenvalue weighted by atomic mass is 10.3. The van der Waals surface area contributed by atoms with Crippen molar-refractivity contribution in [2.75, 3.05) is 25.5 Å². The van der Waals surface area contributed by atoms with Gasteiger partial charge in [-0.3, -0.25) is 4.90 Å². The van der Waals surface area contributed by atoms with Crippen LogP contribution in [-0.4, -0.2) is 36.3 Å². The number of hydrogen-bond donors (Lipinski definition) is 0. The molecule has 0 atom stereocenters. The molecule has 1 fully saturated rings. The second kappa shape index (κ2) is 5.20. The highest BCUT2D eigenvalue weighted by Gasteiger charge is 2.37. The Bertz CT molecular complexity index is 133. The van der Waals surface area contributed by atoms with Gasteiger partial charge in [0.15, 0.2) is 0 Å². The second-order valence-corrected chi connectivity index (χ2v) is 3.30. The quantitative estimate of drug-likeness (QED) is 0.660. The van der Waals surface area contributed by atoms with Crippen LogP contribution < -0.4 is 0 Å². The van der Waals surface area contributed by atoms with E-state index in [0.717, 1.165) is 6.42 Å². The molecule has 1 aliphatic rings. The molecule has 0 aliphatic carbocycles. The summed E-state index contributed by atoms with van der Waals surface area (Å²) >= 11 is 5.44. The Labute approximate surface area is 82.5 Å². The monoisotopic (exact) mass is 219 g/mol. The van der Waals surface area contributed by atoms with Gasteiger partial charge in [-0.25, -0.2) is 8.78 Å². The van der Waals surface area contributed by atoms with Crippen molar-refractivity contribution in [2.24, 2.45) is 0 Å². The minimum absolute atomic E-state index is 0. The van der Waals surface area contributed by atoms with Gasteiger partial charge >= 0.3 is 0 Å². The van der Waals surface area contributed by atoms with Crippen molar-refractivity contribution in [3.8, 4) is 0 Å². The van der Waals surface area contributed by atoms with Crippen molar-refractivity contribution in [3.63, 3.8) is 0 Å². The molecule has 74 valence electrons. The molecule has 1 nitrogen and oxygen atoms in total. The fraction of sp³-hybridized carbons (Fsp3) is 1.00. The lowest BCUT2D eigenvalue weighted by Gasteiger charge is -2.13. The normalized spacial score (nSPS) is 22.2. The Hall–Kier alpha value is 0.400. The molecule has 5 heteroatoms. The predicted molar refractivity (Wildman–Crippen MR) is 48.6 cm³/mol. The van der Waals surface area contributed by atoms with Gasteiger partial charge in [-0.1, -0.05) is 0 Å². The molecular weight excluding hydrogens is 207 g/mol. The van der Waals surface area contributed by atoms with Crippen molar-refractivity contribution in [3.05, 3.63) is 0 Å². The fourth-order valence-electron chi connectivity index (χ4n) is 1.28. The fourth-order valence-corrected chi connectivity index (χ4v) is 1.40. The van der Waals surface area contributed by atoms with E-state index in [1.54, 1.807) is 4.90 Å². The average Bonchev–Trinajstić information content (AvgIpc) is 2.26. The third-order valence-electron chi connectivity index (χ3n) is 1.86. The van der Waals surface area contributed by atoms with Crippen molar-refractivity contribution in [2.45, 2.75) is 18.8 Å². The Morgan fingerprint density at radius 2 is 2.08 bits per heavy atom. The second-order valence-electron chi connectivity index (χ2n) is 2.92. The van der Waals surface area contributed by atoms with Gasteiger partial charge < -0.3 is 0 Å². The van der Waals surface area contributed by atoms with Gasteiger partial charge in [-0.15, -0.1) is 24.0 Å². The molecule has 1 heterocycles. The Kier molecular flexibility index (Phi) is 5.37. The van der Waals surface area contributed by atoms with E-state index in [1.807, 2.05) is 0 Å². The Balaban J connectivity index is 0.00000121. The van der Waals surface area contributed by atoms with Crippen molar-refractivity contribution < 1.29 is 8.78 Å². The summed E-state index contributed by atoms with van der Waals surface area (Å²) in [6.07, 6.45) is 0.812. The van der Waals surface area contributed by atoms with Crippen LogP contribution in [0.1, 0.15) is 12.8 Å². The first-order chi connectivity index (χ1) is 5.14. The molecule has 12 heavy (non-hydrogen) atoms. The van der Waals surface area contributed by atoms with E-state index < -0.39 is 5.92 Å². The molecule has 0 bridgehead atoms. The summed E-state index contributed by atoms with van der Waals surface area (Å²) in [7, 11) is 0. The van der Waals surface area contributed by atoms with Crippen LogP contribution in [0, 0.1) is 0 Å².